The number of pyridine rings is 1. The zero-order valence-electron chi connectivity index (χ0n) is 8.98. The SMILES string of the molecule is Cc1cc(C(N)Cc2ccc(Cl)s2)ccn1. The van der Waals surface area contributed by atoms with E-state index in [2.05, 4.69) is 4.98 Å². The van der Waals surface area contributed by atoms with Crippen molar-refractivity contribution in [1.29, 1.82) is 0 Å². The van der Waals surface area contributed by atoms with Crippen molar-refractivity contribution in [2.24, 2.45) is 5.73 Å². The molecule has 0 aliphatic heterocycles. The highest BCUT2D eigenvalue weighted by Gasteiger charge is 2.09. The summed E-state index contributed by atoms with van der Waals surface area (Å²) in [6.45, 7) is 1.97. The normalized spacial score (nSPS) is 12.7. The highest BCUT2D eigenvalue weighted by atomic mass is 35.5. The van der Waals surface area contributed by atoms with Gasteiger partial charge in [-0.25, -0.2) is 0 Å². The lowest BCUT2D eigenvalue weighted by Crippen LogP contribution is -2.12. The van der Waals surface area contributed by atoms with Gasteiger partial charge in [0.2, 0.25) is 0 Å². The molecule has 0 amide bonds. The van der Waals surface area contributed by atoms with E-state index in [9.17, 15) is 0 Å². The number of halogens is 1. The third-order valence-corrected chi connectivity index (χ3v) is 3.65. The Balaban J connectivity index is 2.11. The maximum Gasteiger partial charge on any atom is 0.0931 e. The van der Waals surface area contributed by atoms with E-state index in [0.717, 1.165) is 22.0 Å². The lowest BCUT2D eigenvalue weighted by Gasteiger charge is -2.10. The molecule has 0 aromatic carbocycles. The van der Waals surface area contributed by atoms with Gasteiger partial charge in [0.25, 0.3) is 0 Å². The largest absolute Gasteiger partial charge is 0.324 e. The second-order valence-corrected chi connectivity index (χ2v) is 5.55. The molecule has 2 rings (SSSR count). The molecule has 16 heavy (non-hydrogen) atoms. The fourth-order valence-electron chi connectivity index (χ4n) is 1.59. The number of nitrogens with zero attached hydrogens (tertiary/aromatic N) is 1. The molecule has 2 aromatic rings. The predicted molar refractivity (Wildman–Crippen MR) is 68.9 cm³/mol. The van der Waals surface area contributed by atoms with Gasteiger partial charge in [0.05, 0.1) is 4.34 Å². The summed E-state index contributed by atoms with van der Waals surface area (Å²) in [5.41, 5.74) is 8.26. The first-order chi connectivity index (χ1) is 7.65. The molecule has 0 saturated carbocycles. The maximum atomic E-state index is 6.14. The van der Waals surface area contributed by atoms with Gasteiger partial charge < -0.3 is 5.73 Å². The van der Waals surface area contributed by atoms with Gasteiger partial charge in [-0.1, -0.05) is 11.6 Å². The van der Waals surface area contributed by atoms with Crippen molar-refractivity contribution in [2.45, 2.75) is 19.4 Å². The minimum absolute atomic E-state index is 0.0106. The summed E-state index contributed by atoms with van der Waals surface area (Å²) in [6.07, 6.45) is 2.62. The first-order valence-electron chi connectivity index (χ1n) is 5.07. The van der Waals surface area contributed by atoms with Crippen LogP contribution in [0.3, 0.4) is 0 Å². The number of nitrogens with two attached hydrogens (primary N) is 1. The first kappa shape index (κ1) is 11.6. The fraction of sp³-hybridized carbons (Fsp3) is 0.250. The van der Waals surface area contributed by atoms with E-state index >= 15 is 0 Å². The van der Waals surface area contributed by atoms with Crippen LogP contribution < -0.4 is 5.73 Å². The van der Waals surface area contributed by atoms with Crippen LogP contribution in [0.15, 0.2) is 30.5 Å². The smallest absolute Gasteiger partial charge is 0.0931 e. The minimum Gasteiger partial charge on any atom is -0.324 e. The molecule has 0 spiro atoms. The molecule has 0 fully saturated rings. The number of hydrogen-bond acceptors (Lipinski definition) is 3. The molecule has 0 bridgehead atoms. The van der Waals surface area contributed by atoms with Crippen molar-refractivity contribution in [1.82, 2.24) is 4.98 Å². The molecule has 84 valence electrons. The van der Waals surface area contributed by atoms with Crippen LogP contribution in [-0.4, -0.2) is 4.98 Å². The molecule has 1 atom stereocenters. The number of aromatic nitrogens is 1. The number of rotatable bonds is 3. The molecule has 4 heteroatoms. The van der Waals surface area contributed by atoms with Gasteiger partial charge in [-0.2, -0.15) is 0 Å². The summed E-state index contributed by atoms with van der Waals surface area (Å²) < 4.78 is 0.813. The average molecular weight is 253 g/mol. The van der Waals surface area contributed by atoms with Gasteiger partial charge in [-0.3, -0.25) is 4.98 Å². The van der Waals surface area contributed by atoms with Crippen molar-refractivity contribution >= 4 is 22.9 Å². The Morgan fingerprint density at radius 1 is 1.44 bits per heavy atom. The van der Waals surface area contributed by atoms with Gasteiger partial charge >= 0.3 is 0 Å². The van der Waals surface area contributed by atoms with Crippen LogP contribution in [0.4, 0.5) is 0 Å². The summed E-state index contributed by atoms with van der Waals surface area (Å²) in [6, 6.07) is 7.94. The molecule has 0 aliphatic carbocycles. The van der Waals surface area contributed by atoms with E-state index in [-0.39, 0.29) is 6.04 Å². The van der Waals surface area contributed by atoms with E-state index in [1.54, 1.807) is 17.5 Å². The van der Waals surface area contributed by atoms with Crippen molar-refractivity contribution < 1.29 is 0 Å². The number of aryl methyl sites for hydroxylation is 1. The highest BCUT2D eigenvalue weighted by molar-refractivity contribution is 7.16. The van der Waals surface area contributed by atoms with E-state index in [1.165, 1.54) is 4.88 Å². The molecule has 0 aliphatic rings. The predicted octanol–water partition coefficient (Wildman–Crippen LogP) is 3.35. The van der Waals surface area contributed by atoms with Gasteiger partial charge in [-0.05, 0) is 36.8 Å². The fourth-order valence-corrected chi connectivity index (χ4v) is 2.74. The zero-order valence-corrected chi connectivity index (χ0v) is 10.6. The minimum atomic E-state index is 0.0106. The molecule has 2 N–H and O–H groups in total. The summed E-state index contributed by atoms with van der Waals surface area (Å²) in [4.78, 5) is 5.37. The van der Waals surface area contributed by atoms with Gasteiger partial charge in [0.15, 0.2) is 0 Å². The Hall–Kier alpha value is -0.900. The summed E-state index contributed by atoms with van der Waals surface area (Å²) in [7, 11) is 0. The molecule has 2 nitrogen and oxygen atoms in total. The Morgan fingerprint density at radius 3 is 2.88 bits per heavy atom. The number of thiophene rings is 1. The molecular formula is C12H13ClN2S. The Labute approximate surface area is 104 Å². The molecule has 1 unspecified atom stereocenters. The number of hydrogen-bond donors (Lipinski definition) is 1. The monoisotopic (exact) mass is 252 g/mol. The Bertz CT molecular complexity index is 481. The molecule has 0 radical (unpaired) electrons. The van der Waals surface area contributed by atoms with Crippen LogP contribution in [0.2, 0.25) is 4.34 Å². The van der Waals surface area contributed by atoms with Crippen LogP contribution in [0.25, 0.3) is 0 Å². The molecule has 0 saturated heterocycles. The third kappa shape index (κ3) is 2.82. The van der Waals surface area contributed by atoms with Crippen molar-refractivity contribution in [3.8, 4) is 0 Å². The third-order valence-electron chi connectivity index (χ3n) is 2.40. The highest BCUT2D eigenvalue weighted by Crippen LogP contribution is 2.25. The lowest BCUT2D eigenvalue weighted by molar-refractivity contribution is 0.727. The topological polar surface area (TPSA) is 38.9 Å². The van der Waals surface area contributed by atoms with Crippen LogP contribution in [-0.2, 0) is 6.42 Å². The summed E-state index contributed by atoms with van der Waals surface area (Å²) in [5.74, 6) is 0. The van der Waals surface area contributed by atoms with Gasteiger partial charge in [0, 0.05) is 29.2 Å². The van der Waals surface area contributed by atoms with Crippen LogP contribution in [0.5, 0.6) is 0 Å². The van der Waals surface area contributed by atoms with Gasteiger partial charge in [-0.15, -0.1) is 11.3 Å². The first-order valence-corrected chi connectivity index (χ1v) is 6.27. The van der Waals surface area contributed by atoms with Crippen molar-refractivity contribution in [2.75, 3.05) is 0 Å². The van der Waals surface area contributed by atoms with Crippen LogP contribution in [0.1, 0.15) is 22.2 Å². The lowest BCUT2D eigenvalue weighted by atomic mass is 10.0. The maximum absolute atomic E-state index is 6.14. The average Bonchev–Trinajstić information content (AvgIpc) is 2.64. The van der Waals surface area contributed by atoms with E-state index in [1.807, 2.05) is 31.2 Å². The molecule has 2 heterocycles. The van der Waals surface area contributed by atoms with Crippen molar-refractivity contribution in [3.05, 3.63) is 50.9 Å². The van der Waals surface area contributed by atoms with E-state index < -0.39 is 0 Å². The van der Waals surface area contributed by atoms with E-state index in [4.69, 9.17) is 17.3 Å². The second kappa shape index (κ2) is 4.95. The van der Waals surface area contributed by atoms with Crippen LogP contribution in [0, 0.1) is 6.92 Å². The second-order valence-electron chi connectivity index (χ2n) is 3.75. The van der Waals surface area contributed by atoms with Crippen molar-refractivity contribution in [3.63, 3.8) is 0 Å². The van der Waals surface area contributed by atoms with Gasteiger partial charge in [0.1, 0.15) is 0 Å². The summed E-state index contributed by atoms with van der Waals surface area (Å²) >= 11 is 7.47. The van der Waals surface area contributed by atoms with E-state index in [0.29, 0.717) is 0 Å². The molecule has 2 aromatic heterocycles. The Morgan fingerprint density at radius 2 is 2.25 bits per heavy atom. The van der Waals surface area contributed by atoms with Crippen LogP contribution >= 0.6 is 22.9 Å². The molecular weight excluding hydrogens is 240 g/mol. The standard InChI is InChI=1S/C12H13ClN2S/c1-8-6-9(4-5-15-8)11(14)7-10-2-3-12(13)16-10/h2-6,11H,7,14H2,1H3. The quantitative estimate of drug-likeness (QED) is 0.910. The Kier molecular flexibility index (Phi) is 3.59. The zero-order chi connectivity index (χ0) is 11.5. The summed E-state index contributed by atoms with van der Waals surface area (Å²) in [5, 5.41) is 0.